The fourth-order valence-electron chi connectivity index (χ4n) is 3.15. The monoisotopic (exact) mass is 376 g/mol. The van der Waals surface area contributed by atoms with Crippen LogP contribution in [0.15, 0.2) is 35.7 Å². The quantitative estimate of drug-likeness (QED) is 0.473. The Balaban J connectivity index is 1.89. The van der Waals surface area contributed by atoms with Gasteiger partial charge in [-0.15, -0.1) is 11.3 Å². The molecule has 1 fully saturated rings. The SMILES string of the molecule is CC(=O)c1ccc(N2CCOCC2CC(O)c2cccs2)c([N+](=O)[O-])c1. The Morgan fingerprint density at radius 1 is 1.50 bits per heavy atom. The van der Waals surface area contributed by atoms with Crippen LogP contribution < -0.4 is 4.90 Å². The minimum atomic E-state index is -0.653. The fourth-order valence-corrected chi connectivity index (χ4v) is 3.88. The van der Waals surface area contributed by atoms with E-state index in [1.165, 1.54) is 24.3 Å². The summed E-state index contributed by atoms with van der Waals surface area (Å²) < 4.78 is 5.54. The molecule has 2 aromatic rings. The highest BCUT2D eigenvalue weighted by atomic mass is 32.1. The van der Waals surface area contributed by atoms with Crippen molar-refractivity contribution in [1.29, 1.82) is 0 Å². The van der Waals surface area contributed by atoms with Gasteiger partial charge in [-0.1, -0.05) is 6.07 Å². The van der Waals surface area contributed by atoms with Crippen molar-refractivity contribution in [1.82, 2.24) is 0 Å². The standard InChI is InChI=1S/C18H20N2O5S/c1-12(21)13-4-5-15(16(9-13)20(23)24)19-6-7-25-11-14(19)10-17(22)18-3-2-8-26-18/h2-5,8-9,14,17,22H,6-7,10-11H2,1H3. The van der Waals surface area contributed by atoms with Crippen LogP contribution in [0.3, 0.4) is 0 Å². The van der Waals surface area contributed by atoms with Crippen LogP contribution in [0.5, 0.6) is 0 Å². The molecule has 0 bridgehead atoms. The van der Waals surface area contributed by atoms with E-state index in [2.05, 4.69) is 0 Å². The van der Waals surface area contributed by atoms with Crippen LogP contribution in [-0.4, -0.2) is 41.6 Å². The van der Waals surface area contributed by atoms with Gasteiger partial charge in [-0.05, 0) is 30.5 Å². The summed E-state index contributed by atoms with van der Waals surface area (Å²) >= 11 is 1.47. The Bertz CT molecular complexity index is 793. The van der Waals surface area contributed by atoms with Crippen LogP contribution in [0.4, 0.5) is 11.4 Å². The normalized spacial score (nSPS) is 18.5. The number of benzene rings is 1. The lowest BCUT2D eigenvalue weighted by molar-refractivity contribution is -0.384. The molecule has 0 saturated carbocycles. The number of rotatable bonds is 6. The number of ketones is 1. The van der Waals surface area contributed by atoms with Gasteiger partial charge in [0.15, 0.2) is 5.78 Å². The predicted molar refractivity (Wildman–Crippen MR) is 98.9 cm³/mol. The molecule has 2 atom stereocenters. The molecule has 0 aliphatic carbocycles. The third kappa shape index (κ3) is 3.92. The average molecular weight is 376 g/mol. The maximum Gasteiger partial charge on any atom is 0.293 e. The molecule has 3 rings (SSSR count). The van der Waals surface area contributed by atoms with Gasteiger partial charge in [-0.3, -0.25) is 14.9 Å². The number of nitrogens with zero attached hydrogens (tertiary/aromatic N) is 2. The van der Waals surface area contributed by atoms with Crippen LogP contribution in [0.1, 0.15) is 34.7 Å². The van der Waals surface area contributed by atoms with Gasteiger partial charge in [0.2, 0.25) is 0 Å². The van der Waals surface area contributed by atoms with E-state index in [1.54, 1.807) is 12.1 Å². The zero-order valence-electron chi connectivity index (χ0n) is 14.3. The summed E-state index contributed by atoms with van der Waals surface area (Å²) in [5.41, 5.74) is 0.658. The number of carbonyl (C=O) groups excluding carboxylic acids is 1. The average Bonchev–Trinajstić information content (AvgIpc) is 3.16. The van der Waals surface area contributed by atoms with Gasteiger partial charge in [0, 0.05) is 29.5 Å². The van der Waals surface area contributed by atoms with E-state index >= 15 is 0 Å². The molecule has 2 heterocycles. The maximum absolute atomic E-state index is 11.6. The van der Waals surface area contributed by atoms with Gasteiger partial charge in [0.1, 0.15) is 5.69 Å². The van der Waals surface area contributed by atoms with Crippen LogP contribution in [0.2, 0.25) is 0 Å². The van der Waals surface area contributed by atoms with Gasteiger partial charge in [0.25, 0.3) is 5.69 Å². The first-order valence-corrected chi connectivity index (χ1v) is 9.20. The topological polar surface area (TPSA) is 92.9 Å². The van der Waals surface area contributed by atoms with Gasteiger partial charge >= 0.3 is 0 Å². The van der Waals surface area contributed by atoms with Crippen LogP contribution >= 0.6 is 11.3 Å². The predicted octanol–water partition coefficient (Wildman–Crippen LogP) is 3.19. The number of carbonyl (C=O) groups is 1. The molecule has 1 aliphatic rings. The van der Waals surface area contributed by atoms with Crippen molar-refractivity contribution >= 4 is 28.5 Å². The van der Waals surface area contributed by atoms with E-state index in [0.717, 1.165) is 4.88 Å². The number of hydrogen-bond donors (Lipinski definition) is 1. The highest BCUT2D eigenvalue weighted by Gasteiger charge is 2.31. The Labute approximate surface area is 155 Å². The molecule has 0 spiro atoms. The second kappa shape index (κ2) is 7.94. The number of nitro groups is 1. The first-order chi connectivity index (χ1) is 12.5. The zero-order valence-corrected chi connectivity index (χ0v) is 15.1. The maximum atomic E-state index is 11.6. The summed E-state index contributed by atoms with van der Waals surface area (Å²) in [7, 11) is 0. The van der Waals surface area contributed by atoms with Crippen molar-refractivity contribution in [3.05, 3.63) is 56.3 Å². The second-order valence-electron chi connectivity index (χ2n) is 6.21. The smallest absolute Gasteiger partial charge is 0.293 e. The van der Waals surface area contributed by atoms with Crippen LogP contribution in [-0.2, 0) is 4.74 Å². The second-order valence-corrected chi connectivity index (χ2v) is 7.19. The molecule has 7 nitrogen and oxygen atoms in total. The van der Waals surface area contributed by atoms with Crippen molar-refractivity contribution in [3.63, 3.8) is 0 Å². The number of ether oxygens (including phenoxy) is 1. The lowest BCUT2D eigenvalue weighted by atomic mass is 10.0. The largest absolute Gasteiger partial charge is 0.387 e. The molecule has 0 amide bonds. The Hall–Kier alpha value is -2.29. The third-order valence-corrected chi connectivity index (χ3v) is 5.46. The van der Waals surface area contributed by atoms with Crippen molar-refractivity contribution < 1.29 is 19.6 Å². The fraction of sp³-hybridized carbons (Fsp3) is 0.389. The van der Waals surface area contributed by atoms with Gasteiger partial charge < -0.3 is 14.7 Å². The first kappa shape index (κ1) is 18.5. The molecule has 26 heavy (non-hydrogen) atoms. The summed E-state index contributed by atoms with van der Waals surface area (Å²) in [5, 5.41) is 23.9. The van der Waals surface area contributed by atoms with E-state index in [1.807, 2.05) is 22.4 Å². The molecule has 1 aliphatic heterocycles. The number of aliphatic hydroxyl groups is 1. The molecule has 1 N–H and O–H groups in total. The summed E-state index contributed by atoms with van der Waals surface area (Å²) in [5.74, 6) is -0.216. The number of anilines is 1. The van der Waals surface area contributed by atoms with Crippen molar-refractivity contribution in [3.8, 4) is 0 Å². The molecular formula is C18H20N2O5S. The molecule has 1 aromatic carbocycles. The van der Waals surface area contributed by atoms with Gasteiger partial charge in [-0.2, -0.15) is 0 Å². The molecule has 0 radical (unpaired) electrons. The molecule has 1 aromatic heterocycles. The van der Waals surface area contributed by atoms with E-state index in [9.17, 15) is 20.0 Å². The Morgan fingerprint density at radius 3 is 2.96 bits per heavy atom. The minimum Gasteiger partial charge on any atom is -0.387 e. The van der Waals surface area contributed by atoms with E-state index in [-0.39, 0.29) is 17.5 Å². The summed E-state index contributed by atoms with van der Waals surface area (Å²) in [4.78, 5) is 25.4. The number of aliphatic hydroxyl groups excluding tert-OH is 1. The Morgan fingerprint density at radius 2 is 2.31 bits per heavy atom. The number of morpholine rings is 1. The summed E-state index contributed by atoms with van der Waals surface area (Å²) in [6.45, 7) is 2.71. The molecular weight excluding hydrogens is 356 g/mol. The lowest BCUT2D eigenvalue weighted by Gasteiger charge is -2.38. The highest BCUT2D eigenvalue weighted by molar-refractivity contribution is 7.10. The molecule has 1 saturated heterocycles. The van der Waals surface area contributed by atoms with Crippen LogP contribution in [0, 0.1) is 10.1 Å². The molecule has 138 valence electrons. The summed E-state index contributed by atoms with van der Waals surface area (Å²) in [6.07, 6.45) is -0.244. The Kier molecular flexibility index (Phi) is 5.65. The number of Topliss-reactive ketones (excluding diaryl/α,β-unsaturated/α-hetero) is 1. The molecule has 8 heteroatoms. The molecule has 2 unspecified atom stereocenters. The lowest BCUT2D eigenvalue weighted by Crippen LogP contribution is -2.46. The van der Waals surface area contributed by atoms with Gasteiger partial charge in [0.05, 0.1) is 30.3 Å². The summed E-state index contributed by atoms with van der Waals surface area (Å²) in [6, 6.07) is 8.09. The van der Waals surface area contributed by atoms with Crippen molar-refractivity contribution in [2.24, 2.45) is 0 Å². The first-order valence-electron chi connectivity index (χ1n) is 8.32. The van der Waals surface area contributed by atoms with Crippen LogP contribution in [0.25, 0.3) is 0 Å². The highest BCUT2D eigenvalue weighted by Crippen LogP contribution is 2.34. The van der Waals surface area contributed by atoms with Crippen molar-refractivity contribution in [2.75, 3.05) is 24.7 Å². The van der Waals surface area contributed by atoms with E-state index < -0.39 is 11.0 Å². The number of nitro benzene ring substituents is 1. The number of hydrogen-bond acceptors (Lipinski definition) is 7. The number of thiophene rings is 1. The van der Waals surface area contributed by atoms with Crippen molar-refractivity contribution in [2.45, 2.75) is 25.5 Å². The zero-order chi connectivity index (χ0) is 18.7. The van der Waals surface area contributed by atoms with Gasteiger partial charge in [-0.25, -0.2) is 0 Å². The van der Waals surface area contributed by atoms with E-state index in [4.69, 9.17) is 4.74 Å². The third-order valence-electron chi connectivity index (χ3n) is 4.48. The van der Waals surface area contributed by atoms with E-state index in [0.29, 0.717) is 37.4 Å². The minimum absolute atomic E-state index is 0.102.